The summed E-state index contributed by atoms with van der Waals surface area (Å²) in [6.07, 6.45) is 5.10. The summed E-state index contributed by atoms with van der Waals surface area (Å²) in [5.74, 6) is 0.668. The van der Waals surface area contributed by atoms with Crippen molar-refractivity contribution in [1.29, 1.82) is 0 Å². The first kappa shape index (κ1) is 20.3. The van der Waals surface area contributed by atoms with Gasteiger partial charge in [-0.05, 0) is 12.1 Å². The van der Waals surface area contributed by atoms with E-state index in [0.29, 0.717) is 24.1 Å². The minimum absolute atomic E-state index is 0.250. The van der Waals surface area contributed by atoms with Crippen molar-refractivity contribution in [2.24, 2.45) is 19.1 Å². The normalized spacial score (nSPS) is 12.4. The van der Waals surface area contributed by atoms with E-state index in [1.165, 1.54) is 0 Å². The lowest BCUT2D eigenvalue weighted by Gasteiger charge is -2.22. The molecule has 2 aromatic rings. The van der Waals surface area contributed by atoms with Gasteiger partial charge in [0.25, 0.3) is 0 Å². The van der Waals surface area contributed by atoms with Crippen molar-refractivity contribution in [2.45, 2.75) is 11.4 Å². The number of hydrogen-bond acceptors (Lipinski definition) is 3. The second-order valence-corrected chi connectivity index (χ2v) is 8.20. The number of aliphatic imine (C=N–C) groups is 1. The minimum Gasteiger partial charge on any atom is -0.356 e. The van der Waals surface area contributed by atoms with Gasteiger partial charge in [0, 0.05) is 65.6 Å². The number of nitrogens with one attached hydrogen (secondary N) is 2. The number of guanidine groups is 1. The Kier molecular flexibility index (Phi) is 6.74. The quantitative estimate of drug-likeness (QED) is 0.412. The zero-order valence-corrected chi connectivity index (χ0v) is 17.0. The third-order valence-electron chi connectivity index (χ3n) is 3.86. The molecule has 0 amide bonds. The molecule has 0 radical (unpaired) electrons. The Morgan fingerprint density at radius 2 is 2.04 bits per heavy atom. The van der Waals surface area contributed by atoms with Gasteiger partial charge in [-0.2, -0.15) is 0 Å². The van der Waals surface area contributed by atoms with Crippen LogP contribution < -0.4 is 10.0 Å². The van der Waals surface area contributed by atoms with E-state index in [1.54, 1.807) is 37.1 Å². The van der Waals surface area contributed by atoms with Gasteiger partial charge in [0.15, 0.2) is 5.96 Å². The van der Waals surface area contributed by atoms with E-state index in [0.717, 1.165) is 5.69 Å². The lowest BCUT2D eigenvalue weighted by molar-refractivity contribution is 0.462. The second kappa shape index (κ2) is 8.61. The molecule has 26 heavy (non-hydrogen) atoms. The van der Waals surface area contributed by atoms with E-state index in [-0.39, 0.29) is 11.4 Å². The smallest absolute Gasteiger partial charge is 0.242 e. The van der Waals surface area contributed by atoms with Crippen molar-refractivity contribution in [2.75, 3.05) is 27.2 Å². The number of aromatic nitrogens is 2. The van der Waals surface area contributed by atoms with Crippen LogP contribution >= 0.6 is 11.6 Å². The molecule has 2 rings (SSSR count). The molecule has 144 valence electrons. The average Bonchev–Trinajstić information content (AvgIpc) is 3.13. The molecular formula is C16H25ClN6O2S. The number of rotatable bonds is 7. The molecular weight excluding hydrogens is 376 g/mol. The number of nitrogens with zero attached hydrogens (tertiary/aromatic N) is 4. The molecule has 0 spiro atoms. The fourth-order valence-electron chi connectivity index (χ4n) is 2.51. The Balaban J connectivity index is 1.84. The Bertz CT molecular complexity index is 871. The summed E-state index contributed by atoms with van der Waals surface area (Å²) in [6.45, 7) is 1.29. The van der Waals surface area contributed by atoms with E-state index in [4.69, 9.17) is 11.6 Å². The number of aryl methyl sites for hydroxylation is 2. The van der Waals surface area contributed by atoms with Gasteiger partial charge in [-0.25, -0.2) is 13.1 Å². The molecule has 8 nitrogen and oxygen atoms in total. The second-order valence-electron chi connectivity index (χ2n) is 6.00. The Labute approximate surface area is 159 Å². The Morgan fingerprint density at radius 1 is 1.31 bits per heavy atom. The lowest BCUT2D eigenvalue weighted by Crippen LogP contribution is -2.42. The van der Waals surface area contributed by atoms with Crippen LogP contribution in [0.25, 0.3) is 0 Å². The van der Waals surface area contributed by atoms with Gasteiger partial charge in [-0.3, -0.25) is 4.99 Å². The fourth-order valence-corrected chi connectivity index (χ4v) is 3.86. The molecule has 0 atom stereocenters. The van der Waals surface area contributed by atoms with E-state index < -0.39 is 10.0 Å². The maximum absolute atomic E-state index is 12.2. The van der Waals surface area contributed by atoms with Gasteiger partial charge in [-0.1, -0.05) is 11.6 Å². The van der Waals surface area contributed by atoms with Crippen molar-refractivity contribution in [3.63, 3.8) is 0 Å². The van der Waals surface area contributed by atoms with E-state index in [1.807, 2.05) is 35.8 Å². The molecule has 0 unspecified atom stereocenters. The molecule has 2 heterocycles. The molecule has 10 heteroatoms. The number of halogens is 1. The predicted octanol–water partition coefficient (Wildman–Crippen LogP) is 1.00. The van der Waals surface area contributed by atoms with Crippen LogP contribution in [0.1, 0.15) is 5.69 Å². The molecule has 0 bridgehead atoms. The van der Waals surface area contributed by atoms with Gasteiger partial charge in [0.05, 0.1) is 16.5 Å². The average molecular weight is 401 g/mol. The van der Waals surface area contributed by atoms with Crippen molar-refractivity contribution in [3.05, 3.63) is 41.4 Å². The zero-order valence-electron chi connectivity index (χ0n) is 15.4. The molecule has 0 saturated carbocycles. The Morgan fingerprint density at radius 3 is 2.58 bits per heavy atom. The van der Waals surface area contributed by atoms with Gasteiger partial charge >= 0.3 is 0 Å². The fraction of sp³-hybridized carbons (Fsp3) is 0.438. The summed E-state index contributed by atoms with van der Waals surface area (Å²) < 4.78 is 30.6. The molecule has 0 saturated heterocycles. The first-order valence-corrected chi connectivity index (χ1v) is 9.93. The largest absolute Gasteiger partial charge is 0.356 e. The molecule has 2 aromatic heterocycles. The third kappa shape index (κ3) is 5.26. The van der Waals surface area contributed by atoms with Gasteiger partial charge in [0.2, 0.25) is 10.0 Å². The summed E-state index contributed by atoms with van der Waals surface area (Å²) >= 11 is 6.01. The van der Waals surface area contributed by atoms with Crippen LogP contribution in [0.3, 0.4) is 0 Å². The van der Waals surface area contributed by atoms with Crippen molar-refractivity contribution >= 4 is 27.6 Å². The first-order chi connectivity index (χ1) is 12.2. The van der Waals surface area contributed by atoms with Crippen molar-refractivity contribution in [3.8, 4) is 0 Å². The van der Waals surface area contributed by atoms with E-state index >= 15 is 0 Å². The standard InChI is InChI=1S/C16H25ClN6O2S/c1-18-16(23(4)11-14-9-13(17)10-22(14)3)19-6-7-20-26(24,25)15-5-8-21(2)12-15/h5,8-10,12,20H,6-7,11H2,1-4H3,(H,18,19). The van der Waals surface area contributed by atoms with Crippen LogP contribution in [0.15, 0.2) is 40.6 Å². The maximum atomic E-state index is 12.2. The summed E-state index contributed by atoms with van der Waals surface area (Å²) in [5.41, 5.74) is 1.05. The Hall–Kier alpha value is -1.97. The monoisotopic (exact) mass is 400 g/mol. The van der Waals surface area contributed by atoms with Gasteiger partial charge in [-0.15, -0.1) is 0 Å². The SMILES string of the molecule is CN=C(NCCNS(=O)(=O)c1ccn(C)c1)N(C)Cc1cc(Cl)cn1C. The van der Waals surface area contributed by atoms with Crippen molar-refractivity contribution < 1.29 is 8.42 Å². The highest BCUT2D eigenvalue weighted by Crippen LogP contribution is 2.14. The van der Waals surface area contributed by atoms with E-state index in [2.05, 4.69) is 15.0 Å². The summed E-state index contributed by atoms with van der Waals surface area (Å²) in [7, 11) is 3.81. The van der Waals surface area contributed by atoms with E-state index in [9.17, 15) is 8.42 Å². The topological polar surface area (TPSA) is 83.7 Å². The molecule has 0 aliphatic heterocycles. The van der Waals surface area contributed by atoms with Crippen LogP contribution in [0.5, 0.6) is 0 Å². The van der Waals surface area contributed by atoms with Gasteiger partial charge < -0.3 is 19.4 Å². The van der Waals surface area contributed by atoms with Crippen LogP contribution in [-0.4, -0.2) is 55.6 Å². The minimum atomic E-state index is -3.50. The van der Waals surface area contributed by atoms with Gasteiger partial charge in [0.1, 0.15) is 0 Å². The van der Waals surface area contributed by atoms with Crippen LogP contribution in [-0.2, 0) is 30.7 Å². The molecule has 0 aliphatic carbocycles. The first-order valence-electron chi connectivity index (χ1n) is 8.07. The summed E-state index contributed by atoms with van der Waals surface area (Å²) in [5, 5.41) is 3.84. The molecule has 2 N–H and O–H groups in total. The highest BCUT2D eigenvalue weighted by Gasteiger charge is 2.14. The van der Waals surface area contributed by atoms with Crippen LogP contribution in [0.2, 0.25) is 5.02 Å². The lowest BCUT2D eigenvalue weighted by atomic mass is 10.4. The number of hydrogen-bond donors (Lipinski definition) is 2. The molecule has 0 aliphatic rings. The van der Waals surface area contributed by atoms with Crippen molar-refractivity contribution in [1.82, 2.24) is 24.1 Å². The third-order valence-corrected chi connectivity index (χ3v) is 5.52. The number of sulfonamides is 1. The zero-order chi connectivity index (χ0) is 19.3. The predicted molar refractivity (Wildman–Crippen MR) is 104 cm³/mol. The maximum Gasteiger partial charge on any atom is 0.242 e. The molecule has 0 aromatic carbocycles. The summed E-state index contributed by atoms with van der Waals surface area (Å²) in [4.78, 5) is 6.42. The van der Waals surface area contributed by atoms with Crippen LogP contribution in [0.4, 0.5) is 0 Å². The highest BCUT2D eigenvalue weighted by atomic mass is 35.5. The molecule has 0 fully saturated rings. The highest BCUT2D eigenvalue weighted by molar-refractivity contribution is 7.89. The summed E-state index contributed by atoms with van der Waals surface area (Å²) in [6, 6.07) is 3.47. The van der Waals surface area contributed by atoms with Crippen LogP contribution in [0, 0.1) is 0 Å².